The van der Waals surface area contributed by atoms with Crippen molar-refractivity contribution in [3.05, 3.63) is 63.6 Å². The first-order valence-electron chi connectivity index (χ1n) is 5.53. The van der Waals surface area contributed by atoms with Gasteiger partial charge in [0.1, 0.15) is 6.61 Å². The van der Waals surface area contributed by atoms with Crippen molar-refractivity contribution in [2.24, 2.45) is 0 Å². The van der Waals surface area contributed by atoms with E-state index >= 15 is 0 Å². The van der Waals surface area contributed by atoms with Crippen LogP contribution in [0.2, 0.25) is 10.0 Å². The van der Waals surface area contributed by atoms with Gasteiger partial charge in [0.15, 0.2) is 0 Å². The van der Waals surface area contributed by atoms with E-state index < -0.39 is 5.97 Å². The second kappa shape index (κ2) is 5.95. The number of carbonyl (C=O) groups excluding carboxylic acids is 1. The summed E-state index contributed by atoms with van der Waals surface area (Å²) < 4.78 is 5.17. The lowest BCUT2D eigenvalue weighted by Gasteiger charge is -2.07. The molecular weight excluding hydrogens is 285 g/mol. The van der Waals surface area contributed by atoms with Gasteiger partial charge in [-0.05, 0) is 35.9 Å². The number of carbonyl (C=O) groups is 1. The molecule has 2 N–H and O–H groups in total. The van der Waals surface area contributed by atoms with Crippen LogP contribution in [0.15, 0.2) is 42.5 Å². The Balaban J connectivity index is 2.05. The van der Waals surface area contributed by atoms with Gasteiger partial charge in [-0.2, -0.15) is 0 Å². The van der Waals surface area contributed by atoms with Gasteiger partial charge in [0, 0.05) is 10.7 Å². The second-order valence-electron chi connectivity index (χ2n) is 3.94. The summed E-state index contributed by atoms with van der Waals surface area (Å²) >= 11 is 11.7. The lowest BCUT2D eigenvalue weighted by atomic mass is 10.2. The van der Waals surface area contributed by atoms with Crippen molar-refractivity contribution in [2.75, 3.05) is 5.73 Å². The Kier molecular flexibility index (Phi) is 4.30. The summed E-state index contributed by atoms with van der Waals surface area (Å²) in [5.74, 6) is -0.507. The third-order valence-corrected chi connectivity index (χ3v) is 3.08. The van der Waals surface area contributed by atoms with Crippen molar-refractivity contribution in [3.63, 3.8) is 0 Å². The Hall–Kier alpha value is -1.71. The molecule has 0 aliphatic heterocycles. The Morgan fingerprint density at radius 3 is 2.47 bits per heavy atom. The highest BCUT2D eigenvalue weighted by Gasteiger charge is 2.12. The van der Waals surface area contributed by atoms with Gasteiger partial charge in [0.25, 0.3) is 0 Å². The maximum Gasteiger partial charge on any atom is 0.340 e. The van der Waals surface area contributed by atoms with E-state index in [1.165, 1.54) is 6.07 Å². The molecule has 0 atom stereocenters. The average molecular weight is 296 g/mol. The monoisotopic (exact) mass is 295 g/mol. The van der Waals surface area contributed by atoms with E-state index in [-0.39, 0.29) is 12.2 Å². The normalized spacial score (nSPS) is 10.2. The molecule has 19 heavy (non-hydrogen) atoms. The molecule has 0 spiro atoms. The predicted octanol–water partition coefficient (Wildman–Crippen LogP) is 3.93. The van der Waals surface area contributed by atoms with Gasteiger partial charge in [0.05, 0.1) is 10.6 Å². The average Bonchev–Trinajstić information content (AvgIpc) is 2.40. The van der Waals surface area contributed by atoms with E-state index in [4.69, 9.17) is 33.7 Å². The van der Waals surface area contributed by atoms with Crippen molar-refractivity contribution < 1.29 is 9.53 Å². The molecule has 0 saturated carbocycles. The largest absolute Gasteiger partial charge is 0.457 e. The Bertz CT molecular complexity index is 597. The van der Waals surface area contributed by atoms with Crippen molar-refractivity contribution in [1.29, 1.82) is 0 Å². The number of esters is 1. The van der Waals surface area contributed by atoms with Crippen LogP contribution in [0, 0.1) is 0 Å². The standard InChI is InChI=1S/C14H11Cl2NO2/c15-10-3-1-9(2-4-10)8-19-14(18)12-7-11(17)5-6-13(12)16/h1-7H,8,17H2. The highest BCUT2D eigenvalue weighted by molar-refractivity contribution is 6.33. The van der Waals surface area contributed by atoms with Gasteiger partial charge in [0.2, 0.25) is 0 Å². The van der Waals surface area contributed by atoms with Gasteiger partial charge in [-0.1, -0.05) is 35.3 Å². The molecular formula is C14H11Cl2NO2. The number of nitrogens with two attached hydrogens (primary N) is 1. The zero-order valence-electron chi connectivity index (χ0n) is 9.90. The summed E-state index contributed by atoms with van der Waals surface area (Å²) in [5, 5.41) is 0.948. The van der Waals surface area contributed by atoms with Crippen LogP contribution in [0.1, 0.15) is 15.9 Å². The van der Waals surface area contributed by atoms with Crippen LogP contribution < -0.4 is 5.73 Å². The highest BCUT2D eigenvalue weighted by atomic mass is 35.5. The van der Waals surface area contributed by atoms with Crippen LogP contribution in [-0.2, 0) is 11.3 Å². The molecule has 0 heterocycles. The van der Waals surface area contributed by atoms with Crippen LogP contribution in [0.3, 0.4) is 0 Å². The number of ether oxygens (including phenoxy) is 1. The maximum absolute atomic E-state index is 11.9. The Morgan fingerprint density at radius 2 is 1.79 bits per heavy atom. The fourth-order valence-corrected chi connectivity index (χ4v) is 1.83. The van der Waals surface area contributed by atoms with E-state index in [0.29, 0.717) is 15.7 Å². The summed E-state index contributed by atoms with van der Waals surface area (Å²) in [6.07, 6.45) is 0. The van der Waals surface area contributed by atoms with E-state index in [9.17, 15) is 4.79 Å². The van der Waals surface area contributed by atoms with Crippen LogP contribution in [0.25, 0.3) is 0 Å². The number of hydrogen-bond acceptors (Lipinski definition) is 3. The molecule has 0 fully saturated rings. The first kappa shape index (κ1) is 13.7. The molecule has 2 aromatic rings. The fraction of sp³-hybridized carbons (Fsp3) is 0.0714. The minimum absolute atomic E-state index is 0.154. The molecule has 0 saturated heterocycles. The zero-order valence-corrected chi connectivity index (χ0v) is 11.4. The van der Waals surface area contributed by atoms with Gasteiger partial charge in [-0.25, -0.2) is 4.79 Å². The van der Waals surface area contributed by atoms with Crippen LogP contribution in [0.4, 0.5) is 5.69 Å². The first-order chi connectivity index (χ1) is 9.06. The minimum Gasteiger partial charge on any atom is -0.457 e. The maximum atomic E-state index is 11.9. The molecule has 0 bridgehead atoms. The van der Waals surface area contributed by atoms with Gasteiger partial charge < -0.3 is 10.5 Å². The molecule has 0 unspecified atom stereocenters. The van der Waals surface area contributed by atoms with Crippen molar-refractivity contribution in [1.82, 2.24) is 0 Å². The van der Waals surface area contributed by atoms with Crippen molar-refractivity contribution >= 4 is 34.9 Å². The fourth-order valence-electron chi connectivity index (χ4n) is 1.51. The third kappa shape index (κ3) is 3.63. The second-order valence-corrected chi connectivity index (χ2v) is 4.79. The van der Waals surface area contributed by atoms with Crippen LogP contribution in [0.5, 0.6) is 0 Å². The number of nitrogen functional groups attached to an aromatic ring is 1. The topological polar surface area (TPSA) is 52.3 Å². The molecule has 5 heteroatoms. The first-order valence-corrected chi connectivity index (χ1v) is 6.28. The molecule has 2 rings (SSSR count). The van der Waals surface area contributed by atoms with E-state index in [1.807, 2.05) is 0 Å². The van der Waals surface area contributed by atoms with Gasteiger partial charge in [-0.15, -0.1) is 0 Å². The lowest BCUT2D eigenvalue weighted by molar-refractivity contribution is 0.0473. The molecule has 98 valence electrons. The predicted molar refractivity (Wildman–Crippen MR) is 76.4 cm³/mol. The summed E-state index contributed by atoms with van der Waals surface area (Å²) in [6.45, 7) is 0.154. The van der Waals surface area contributed by atoms with Crippen molar-refractivity contribution in [2.45, 2.75) is 6.61 Å². The number of hydrogen-bond donors (Lipinski definition) is 1. The lowest BCUT2D eigenvalue weighted by Crippen LogP contribution is -2.06. The van der Waals surface area contributed by atoms with E-state index in [2.05, 4.69) is 0 Å². The quantitative estimate of drug-likeness (QED) is 0.689. The van der Waals surface area contributed by atoms with Crippen molar-refractivity contribution in [3.8, 4) is 0 Å². The van der Waals surface area contributed by atoms with Crippen LogP contribution >= 0.6 is 23.2 Å². The summed E-state index contributed by atoms with van der Waals surface area (Å²) in [5.41, 5.74) is 7.17. The Labute approximate surface area is 120 Å². The molecule has 0 aliphatic rings. The minimum atomic E-state index is -0.507. The summed E-state index contributed by atoms with van der Waals surface area (Å²) in [7, 11) is 0. The molecule has 2 aromatic carbocycles. The molecule has 3 nitrogen and oxygen atoms in total. The summed E-state index contributed by atoms with van der Waals surface area (Å²) in [6, 6.07) is 11.7. The van der Waals surface area contributed by atoms with E-state index in [0.717, 1.165) is 5.56 Å². The van der Waals surface area contributed by atoms with E-state index in [1.54, 1.807) is 36.4 Å². The highest BCUT2D eigenvalue weighted by Crippen LogP contribution is 2.20. The van der Waals surface area contributed by atoms with Crippen LogP contribution in [-0.4, -0.2) is 5.97 Å². The molecule has 0 aliphatic carbocycles. The SMILES string of the molecule is Nc1ccc(Cl)c(C(=O)OCc2ccc(Cl)cc2)c1. The number of rotatable bonds is 3. The smallest absolute Gasteiger partial charge is 0.340 e. The van der Waals surface area contributed by atoms with Gasteiger partial charge >= 0.3 is 5.97 Å². The van der Waals surface area contributed by atoms with Gasteiger partial charge in [-0.3, -0.25) is 0 Å². The Morgan fingerprint density at radius 1 is 1.11 bits per heavy atom. The number of benzene rings is 2. The third-order valence-electron chi connectivity index (χ3n) is 2.49. The molecule has 0 radical (unpaired) electrons. The number of anilines is 1. The molecule has 0 amide bonds. The zero-order chi connectivity index (χ0) is 13.8. The number of halogens is 2. The summed E-state index contributed by atoms with van der Waals surface area (Å²) in [4.78, 5) is 11.9. The molecule has 0 aromatic heterocycles.